The molecule has 2 aliphatic rings. The van der Waals surface area contributed by atoms with E-state index in [0.717, 1.165) is 231 Å². The Labute approximate surface area is 841 Å². The molecule has 0 aliphatic carbocycles. The van der Waals surface area contributed by atoms with Crippen molar-refractivity contribution in [2.45, 2.75) is 636 Å². The molecule has 2 N–H and O–H groups in total. The first-order valence-electron chi connectivity index (χ1n) is 58.6. The van der Waals surface area contributed by atoms with E-state index in [2.05, 4.69) is 114 Å². The van der Waals surface area contributed by atoms with Crippen LogP contribution in [0.4, 0.5) is 0 Å². The molecule has 2 aliphatic heterocycles. The zero-order valence-electron chi connectivity index (χ0n) is 89.6. The molecule has 0 saturated carbocycles. The van der Waals surface area contributed by atoms with Gasteiger partial charge in [-0.2, -0.15) is 0 Å². The number of hydrogen-bond donors (Lipinski definition) is 2. The number of rotatable bonds is 101. The fourth-order valence-corrected chi connectivity index (χ4v) is 18.6. The molecule has 0 aromatic heterocycles. The Morgan fingerprint density at radius 3 is 0.664 bits per heavy atom. The number of aliphatic hydroxyl groups excluding tert-OH is 2. The topological polar surface area (TPSA) is 226 Å². The van der Waals surface area contributed by atoms with Crippen molar-refractivity contribution in [3.05, 3.63) is 72.9 Å². The van der Waals surface area contributed by atoms with Gasteiger partial charge in [0.05, 0.1) is 13.2 Å². The maximum atomic E-state index is 15.0. The summed E-state index contributed by atoms with van der Waals surface area (Å²) >= 11 is 0. The second-order valence-electron chi connectivity index (χ2n) is 40.4. The average Bonchev–Trinajstić information content (AvgIpc) is 1.60. The lowest BCUT2D eigenvalue weighted by molar-refractivity contribution is -0.384. The van der Waals surface area contributed by atoms with Gasteiger partial charge in [0.1, 0.15) is 18.8 Å². The minimum Gasteiger partial charge on any atom is -0.460 e. The Bertz CT molecular complexity index is 2940. The van der Waals surface area contributed by atoms with E-state index in [1.807, 2.05) is 0 Å². The third-order valence-corrected chi connectivity index (χ3v) is 27.3. The van der Waals surface area contributed by atoms with Gasteiger partial charge < -0.3 is 52.8 Å². The van der Waals surface area contributed by atoms with Gasteiger partial charge in [0, 0.05) is 38.5 Å². The minimum absolute atomic E-state index is 0.00123. The Balaban J connectivity index is 2.81. The highest BCUT2D eigenvalue weighted by molar-refractivity contribution is 5.73. The van der Waals surface area contributed by atoms with Gasteiger partial charge in [-0.3, -0.25) is 28.8 Å². The van der Waals surface area contributed by atoms with Crippen molar-refractivity contribution in [1.29, 1.82) is 0 Å². The number of ether oxygens (including phenoxy) is 9. The van der Waals surface area contributed by atoms with E-state index in [9.17, 15) is 34.2 Å². The maximum absolute atomic E-state index is 15.0. The van der Waals surface area contributed by atoms with Crippen molar-refractivity contribution in [1.82, 2.24) is 0 Å². The summed E-state index contributed by atoms with van der Waals surface area (Å²) in [5.74, 6) is -6.46. The number of unbranched alkanes of at least 4 members (excludes halogenated alkanes) is 66. The molecule has 0 spiro atoms. The van der Waals surface area contributed by atoms with Crippen molar-refractivity contribution in [2.24, 2.45) is 0 Å². The third-order valence-electron chi connectivity index (χ3n) is 27.3. The highest BCUT2D eigenvalue weighted by Gasteiger charge is 2.65. The third kappa shape index (κ3) is 74.6. The van der Waals surface area contributed by atoms with Crippen molar-refractivity contribution in [2.75, 3.05) is 19.8 Å². The molecule has 17 nitrogen and oxygen atoms in total. The Morgan fingerprint density at radius 1 is 0.226 bits per heavy atom. The number of aliphatic hydroxyl groups is 2. The fourth-order valence-electron chi connectivity index (χ4n) is 18.6. The second kappa shape index (κ2) is 97.2. The van der Waals surface area contributed by atoms with E-state index in [0.29, 0.717) is 38.5 Å². The largest absolute Gasteiger partial charge is 0.460 e. The summed E-state index contributed by atoms with van der Waals surface area (Å²) in [5, 5.41) is 23.4. The fraction of sp³-hybridized carbons (Fsp3) is 0.850. The first kappa shape index (κ1) is 128. The van der Waals surface area contributed by atoms with Crippen LogP contribution in [0.15, 0.2) is 72.9 Å². The van der Waals surface area contributed by atoms with Crippen LogP contribution < -0.4 is 0 Å². The van der Waals surface area contributed by atoms with Gasteiger partial charge in [-0.15, -0.1) is 0 Å². The summed E-state index contributed by atoms with van der Waals surface area (Å²) in [6.45, 7) is 11.1. The van der Waals surface area contributed by atoms with Crippen molar-refractivity contribution < 1.29 is 81.6 Å². The summed E-state index contributed by atoms with van der Waals surface area (Å²) in [7, 11) is 0. The van der Waals surface area contributed by atoms with Gasteiger partial charge >= 0.3 is 35.8 Å². The van der Waals surface area contributed by atoms with Crippen LogP contribution in [0.5, 0.6) is 0 Å². The van der Waals surface area contributed by atoms with Crippen LogP contribution in [-0.4, -0.2) is 121 Å². The predicted molar refractivity (Wildman–Crippen MR) is 569 cm³/mol. The molecule has 0 aromatic rings. The van der Waals surface area contributed by atoms with Crippen LogP contribution in [0.3, 0.4) is 0 Å². The average molecular weight is 1930 g/mol. The highest BCUT2D eigenvalue weighted by atomic mass is 16.8. The molecule has 2 fully saturated rings. The molecule has 0 unspecified atom stereocenters. The summed E-state index contributed by atoms with van der Waals surface area (Å²) in [4.78, 5) is 88.5. The van der Waals surface area contributed by atoms with E-state index in [1.54, 1.807) is 0 Å². The first-order chi connectivity index (χ1) is 67.4. The first-order valence-corrected chi connectivity index (χ1v) is 58.6. The Kier molecular flexibility index (Phi) is 90.9. The Morgan fingerprint density at radius 2 is 0.423 bits per heavy atom. The standard InChI is InChI=1S/C120H214O17/c1-7-13-19-25-31-37-43-49-55-61-67-73-79-85-91-97-108(123)129-105-120(118(135-113(128)102-96-90-84-78-72-66-60-54-48-42-36-30-24-18-12-6)115(107(104-122)136-120)132-110(125)99-93-87-81-75-69-63-57-51-45-39-33-27-21-15-9-3)137-119-117(134-112(127)101-95-89-83-77-71-65-59-53-47-41-35-29-23-17-11-5)116(133-111(126)100-94-88-82-76-70-64-58-52-46-40-34-28-22-16-10-4)114(106(103-121)130-119)131-109(124)98-92-86-80-74-68-62-56-50-44-38-32-26-20-14-8-2/h49-60,106-107,114-119,121-122H,7-48,61-105H2,1-6H3/b55-49-,56-50-,57-51-,58-52-,59-53-,60-54-/t106-,107-,114-,115-,116+,117-,118+,119-,120+/m1/s1. The van der Waals surface area contributed by atoms with Crippen molar-refractivity contribution >= 4 is 35.8 Å². The monoisotopic (exact) mass is 1930 g/mol. The molecule has 0 aromatic carbocycles. The van der Waals surface area contributed by atoms with Gasteiger partial charge in [-0.1, -0.05) is 423 Å². The van der Waals surface area contributed by atoms with Gasteiger partial charge in [0.25, 0.3) is 0 Å². The van der Waals surface area contributed by atoms with Crippen LogP contribution in [0.25, 0.3) is 0 Å². The molecule has 0 bridgehead atoms. The smallest absolute Gasteiger partial charge is 0.306 e. The van der Waals surface area contributed by atoms with Crippen LogP contribution in [-0.2, 0) is 71.4 Å². The molecule has 17 heteroatoms. The molecule has 2 saturated heterocycles. The van der Waals surface area contributed by atoms with Crippen molar-refractivity contribution in [3.63, 3.8) is 0 Å². The molecule has 0 radical (unpaired) electrons. The van der Waals surface area contributed by atoms with Crippen molar-refractivity contribution in [3.8, 4) is 0 Å². The lowest BCUT2D eigenvalue weighted by Gasteiger charge is -2.46. The van der Waals surface area contributed by atoms with E-state index < -0.39 is 110 Å². The van der Waals surface area contributed by atoms with Gasteiger partial charge in [-0.25, -0.2) is 0 Å². The van der Waals surface area contributed by atoms with E-state index in [-0.39, 0.29) is 38.5 Å². The zero-order valence-corrected chi connectivity index (χ0v) is 89.6. The summed E-state index contributed by atoms with van der Waals surface area (Å²) in [6.07, 6.45) is 97.4. The van der Waals surface area contributed by atoms with Crippen LogP contribution in [0.2, 0.25) is 0 Å². The van der Waals surface area contributed by atoms with Crippen LogP contribution >= 0.6 is 0 Å². The Hall–Kier alpha value is -4.94. The SMILES string of the molecule is CCCCCCCC/C=C\CCCCCCCC(=O)OC[C@@]1(O[C@H]2O[C@H](CO)[C@@H](OC(=O)CCCCCCC/C=C\CCCCCCCC)[C@H](OC(=O)CCCCCCC/C=C\CCCCCCCC)[C@H]2OC(=O)CCCCCCC/C=C\CCCCCCCC)O[C@H](CO)[C@@H](OC(=O)CCCCCCC/C=C\CCCCCCCC)[C@@H]1OC(=O)CCCCCCC/C=C\CCCCCCCC. The lowest BCUT2D eigenvalue weighted by Crippen LogP contribution is -2.65. The minimum atomic E-state index is -2.51. The zero-order chi connectivity index (χ0) is 99.0. The predicted octanol–water partition coefficient (Wildman–Crippen LogP) is 34.1. The van der Waals surface area contributed by atoms with Gasteiger partial charge in [0.2, 0.25) is 12.1 Å². The highest BCUT2D eigenvalue weighted by Crippen LogP contribution is 2.43. The van der Waals surface area contributed by atoms with Gasteiger partial charge in [0.15, 0.2) is 30.5 Å². The molecule has 2 rings (SSSR count). The number of esters is 6. The summed E-state index contributed by atoms with van der Waals surface area (Å²) in [5.41, 5.74) is 0. The summed E-state index contributed by atoms with van der Waals surface area (Å²) < 4.78 is 60.0. The summed E-state index contributed by atoms with van der Waals surface area (Å²) in [6, 6.07) is 0. The van der Waals surface area contributed by atoms with Gasteiger partial charge in [-0.05, 0) is 193 Å². The molecule has 796 valence electrons. The number of carbonyl (C=O) groups is 6. The number of carbonyl (C=O) groups excluding carboxylic acids is 6. The second-order valence-corrected chi connectivity index (χ2v) is 40.4. The number of hydrogen-bond acceptors (Lipinski definition) is 17. The van der Waals surface area contributed by atoms with E-state index >= 15 is 4.79 Å². The molecular formula is C120H214O17. The van der Waals surface area contributed by atoms with Crippen LogP contribution in [0, 0.1) is 0 Å². The quantitative estimate of drug-likeness (QED) is 0.0250. The number of allylic oxidation sites excluding steroid dienone is 12. The lowest BCUT2D eigenvalue weighted by atomic mass is 9.97. The normalized spacial score (nSPS) is 18.6. The molecule has 9 atom stereocenters. The van der Waals surface area contributed by atoms with Crippen LogP contribution in [0.1, 0.15) is 581 Å². The van der Waals surface area contributed by atoms with E-state index in [1.165, 1.54) is 231 Å². The molecule has 0 amide bonds. The molecule has 137 heavy (non-hydrogen) atoms. The molecule has 2 heterocycles. The maximum Gasteiger partial charge on any atom is 0.306 e. The molecular weight excluding hydrogens is 1710 g/mol. The van der Waals surface area contributed by atoms with E-state index in [4.69, 9.17) is 42.6 Å².